The van der Waals surface area contributed by atoms with E-state index >= 15 is 0 Å². The highest BCUT2D eigenvalue weighted by atomic mass is 16.6. The van der Waals surface area contributed by atoms with Gasteiger partial charge in [0.2, 0.25) is 0 Å². The van der Waals surface area contributed by atoms with Crippen LogP contribution in [0.5, 0.6) is 0 Å². The van der Waals surface area contributed by atoms with Gasteiger partial charge in [-0.1, -0.05) is 26.2 Å². The number of nitro groups is 2. The topological polar surface area (TPSA) is 91.2 Å². The van der Waals surface area contributed by atoms with Gasteiger partial charge in [0, 0.05) is 52.6 Å². The van der Waals surface area contributed by atoms with E-state index in [0.29, 0.717) is 10.8 Å². The van der Waals surface area contributed by atoms with Crippen LogP contribution >= 0.6 is 0 Å². The van der Waals surface area contributed by atoms with Gasteiger partial charge in [-0.25, -0.2) is 0 Å². The van der Waals surface area contributed by atoms with Crippen molar-refractivity contribution in [2.75, 3.05) is 0 Å². The molecule has 0 aliphatic carbocycles. The molecule has 0 aliphatic heterocycles. The third-order valence-electron chi connectivity index (χ3n) is 4.49. The van der Waals surface area contributed by atoms with Crippen LogP contribution in [0.1, 0.15) is 32.6 Å². The molecule has 0 radical (unpaired) electrons. The molecule has 0 saturated carbocycles. The predicted octanol–water partition coefficient (Wildman–Crippen LogP) is 5.19. The van der Waals surface area contributed by atoms with Crippen LogP contribution in [0.2, 0.25) is 0 Å². The van der Waals surface area contributed by atoms with Gasteiger partial charge in [0.15, 0.2) is 0 Å². The van der Waals surface area contributed by atoms with Crippen molar-refractivity contribution in [2.45, 2.75) is 39.2 Å². The van der Waals surface area contributed by atoms with Crippen LogP contribution in [0.3, 0.4) is 0 Å². The number of fused-ring (bicyclic) bond motifs is 3. The summed E-state index contributed by atoms with van der Waals surface area (Å²) in [6.45, 7) is 2.94. The molecular formula is C18H19N3O4. The van der Waals surface area contributed by atoms with Crippen molar-refractivity contribution in [3.8, 4) is 0 Å². The lowest BCUT2D eigenvalue weighted by Gasteiger charge is -2.07. The monoisotopic (exact) mass is 341 g/mol. The van der Waals surface area contributed by atoms with Crippen LogP contribution in [0, 0.1) is 20.2 Å². The summed E-state index contributed by atoms with van der Waals surface area (Å²) in [5.74, 6) is 0. The Bertz CT molecular complexity index is 891. The predicted molar refractivity (Wildman–Crippen MR) is 96.9 cm³/mol. The van der Waals surface area contributed by atoms with Gasteiger partial charge < -0.3 is 4.57 Å². The Labute approximate surface area is 144 Å². The molecule has 0 saturated heterocycles. The van der Waals surface area contributed by atoms with E-state index in [1.54, 1.807) is 12.1 Å². The van der Waals surface area contributed by atoms with Crippen LogP contribution in [-0.2, 0) is 6.54 Å². The molecule has 0 unspecified atom stereocenters. The summed E-state index contributed by atoms with van der Waals surface area (Å²) < 4.78 is 2.10. The lowest BCUT2D eigenvalue weighted by atomic mass is 10.1. The molecule has 1 heterocycles. The molecule has 0 atom stereocenters. The van der Waals surface area contributed by atoms with E-state index in [9.17, 15) is 20.2 Å². The maximum absolute atomic E-state index is 11.1. The van der Waals surface area contributed by atoms with Crippen LogP contribution in [-0.4, -0.2) is 14.4 Å². The summed E-state index contributed by atoms with van der Waals surface area (Å²) in [5, 5.41) is 23.6. The molecule has 0 amide bonds. The second-order valence-electron chi connectivity index (χ2n) is 6.13. The molecule has 130 valence electrons. The Hall–Kier alpha value is -2.96. The van der Waals surface area contributed by atoms with Gasteiger partial charge in [-0.3, -0.25) is 20.2 Å². The normalized spacial score (nSPS) is 11.2. The highest BCUT2D eigenvalue weighted by molar-refractivity contribution is 6.09. The van der Waals surface area contributed by atoms with Crippen molar-refractivity contribution in [2.24, 2.45) is 0 Å². The Kier molecular flexibility index (Phi) is 4.65. The number of non-ortho nitro benzene ring substituents is 2. The second-order valence-corrected chi connectivity index (χ2v) is 6.13. The van der Waals surface area contributed by atoms with E-state index in [1.165, 1.54) is 24.3 Å². The van der Waals surface area contributed by atoms with Crippen LogP contribution in [0.15, 0.2) is 36.4 Å². The zero-order chi connectivity index (χ0) is 18.0. The fourth-order valence-corrected chi connectivity index (χ4v) is 3.24. The SMILES string of the molecule is CCCCCCn1c2ccc([N+](=O)[O-])cc2c2cc([N+](=O)[O-])ccc21. The molecule has 0 aliphatic rings. The van der Waals surface area contributed by atoms with Crippen molar-refractivity contribution in [3.05, 3.63) is 56.6 Å². The number of aromatic nitrogens is 1. The van der Waals surface area contributed by atoms with Crippen LogP contribution in [0.4, 0.5) is 11.4 Å². The van der Waals surface area contributed by atoms with E-state index in [1.807, 2.05) is 0 Å². The van der Waals surface area contributed by atoms with Gasteiger partial charge in [-0.05, 0) is 18.6 Å². The van der Waals surface area contributed by atoms with Crippen molar-refractivity contribution in [3.63, 3.8) is 0 Å². The first kappa shape index (κ1) is 16.9. The van der Waals surface area contributed by atoms with Crippen molar-refractivity contribution < 1.29 is 9.85 Å². The Morgan fingerprint density at radius 3 is 1.80 bits per heavy atom. The molecule has 2 aromatic carbocycles. The zero-order valence-electron chi connectivity index (χ0n) is 14.0. The molecule has 0 bridgehead atoms. The first-order valence-electron chi connectivity index (χ1n) is 8.37. The van der Waals surface area contributed by atoms with Crippen molar-refractivity contribution in [1.82, 2.24) is 4.57 Å². The fraction of sp³-hybridized carbons (Fsp3) is 0.333. The number of aryl methyl sites for hydroxylation is 1. The number of benzene rings is 2. The Morgan fingerprint density at radius 2 is 1.36 bits per heavy atom. The van der Waals surface area contributed by atoms with Gasteiger partial charge >= 0.3 is 0 Å². The van der Waals surface area contributed by atoms with Gasteiger partial charge in [0.25, 0.3) is 11.4 Å². The largest absolute Gasteiger partial charge is 0.340 e. The zero-order valence-corrected chi connectivity index (χ0v) is 14.0. The van der Waals surface area contributed by atoms with E-state index in [-0.39, 0.29) is 11.4 Å². The third-order valence-corrected chi connectivity index (χ3v) is 4.49. The van der Waals surface area contributed by atoms with Crippen molar-refractivity contribution >= 4 is 33.2 Å². The number of hydrogen-bond donors (Lipinski definition) is 0. The lowest BCUT2D eigenvalue weighted by molar-refractivity contribution is -0.385. The molecule has 0 N–H and O–H groups in total. The second kappa shape index (κ2) is 6.88. The smallest absolute Gasteiger partial charge is 0.270 e. The molecular weight excluding hydrogens is 322 g/mol. The fourth-order valence-electron chi connectivity index (χ4n) is 3.24. The number of nitrogens with zero attached hydrogens (tertiary/aromatic N) is 3. The summed E-state index contributed by atoms with van der Waals surface area (Å²) in [5.41, 5.74) is 1.73. The standard InChI is InChI=1S/C18H19N3O4/c1-2-3-4-5-10-19-17-8-6-13(20(22)23)11-15(17)16-12-14(21(24)25)7-9-18(16)19/h6-9,11-12H,2-5,10H2,1H3. The van der Waals surface area contributed by atoms with Gasteiger partial charge in [-0.2, -0.15) is 0 Å². The first-order chi connectivity index (χ1) is 12.0. The molecule has 3 rings (SSSR count). The van der Waals surface area contributed by atoms with Gasteiger partial charge in [-0.15, -0.1) is 0 Å². The highest BCUT2D eigenvalue weighted by Gasteiger charge is 2.17. The van der Waals surface area contributed by atoms with E-state index in [4.69, 9.17) is 0 Å². The summed E-state index contributed by atoms with van der Waals surface area (Å²) in [7, 11) is 0. The summed E-state index contributed by atoms with van der Waals surface area (Å²) in [6, 6.07) is 9.45. The molecule has 0 spiro atoms. The quantitative estimate of drug-likeness (QED) is 0.336. The number of nitro benzene ring substituents is 2. The highest BCUT2D eigenvalue weighted by Crippen LogP contribution is 2.34. The maximum Gasteiger partial charge on any atom is 0.270 e. The van der Waals surface area contributed by atoms with E-state index in [0.717, 1.165) is 43.3 Å². The lowest BCUT2D eigenvalue weighted by Crippen LogP contribution is -1.98. The molecule has 7 nitrogen and oxygen atoms in total. The number of hydrogen-bond acceptors (Lipinski definition) is 4. The summed E-state index contributed by atoms with van der Waals surface area (Å²) >= 11 is 0. The average molecular weight is 341 g/mol. The third kappa shape index (κ3) is 3.17. The first-order valence-corrected chi connectivity index (χ1v) is 8.37. The molecule has 25 heavy (non-hydrogen) atoms. The molecule has 1 aromatic heterocycles. The number of rotatable bonds is 7. The molecule has 7 heteroatoms. The van der Waals surface area contributed by atoms with Crippen molar-refractivity contribution in [1.29, 1.82) is 0 Å². The maximum atomic E-state index is 11.1. The number of unbranched alkanes of at least 4 members (excludes halogenated alkanes) is 3. The van der Waals surface area contributed by atoms with E-state index in [2.05, 4.69) is 11.5 Å². The summed E-state index contributed by atoms with van der Waals surface area (Å²) in [6.07, 6.45) is 4.41. The van der Waals surface area contributed by atoms with E-state index < -0.39 is 9.85 Å². The minimum absolute atomic E-state index is 0.0101. The van der Waals surface area contributed by atoms with Crippen LogP contribution in [0.25, 0.3) is 21.8 Å². The van der Waals surface area contributed by atoms with Gasteiger partial charge in [0.05, 0.1) is 9.85 Å². The molecule has 0 fully saturated rings. The summed E-state index contributed by atoms with van der Waals surface area (Å²) in [4.78, 5) is 21.3. The Morgan fingerprint density at radius 1 is 0.840 bits per heavy atom. The van der Waals surface area contributed by atoms with Crippen LogP contribution < -0.4 is 0 Å². The minimum Gasteiger partial charge on any atom is -0.340 e. The average Bonchev–Trinajstić information content (AvgIpc) is 2.91. The van der Waals surface area contributed by atoms with Gasteiger partial charge in [0.1, 0.15) is 0 Å². The Balaban J connectivity index is 2.18. The minimum atomic E-state index is -0.443. The molecule has 3 aromatic rings.